The Balaban J connectivity index is 2.32. The van der Waals surface area contributed by atoms with Gasteiger partial charge >= 0.3 is 0 Å². The molecule has 0 atom stereocenters. The van der Waals surface area contributed by atoms with Gasteiger partial charge in [-0.2, -0.15) is 0 Å². The van der Waals surface area contributed by atoms with E-state index < -0.39 is 0 Å². The summed E-state index contributed by atoms with van der Waals surface area (Å²) in [7, 11) is 0. The molecule has 0 unspecified atom stereocenters. The zero-order valence-corrected chi connectivity index (χ0v) is 10.9. The van der Waals surface area contributed by atoms with Gasteiger partial charge in [-0.25, -0.2) is 9.97 Å². The van der Waals surface area contributed by atoms with Crippen LogP contribution in [0.3, 0.4) is 0 Å². The summed E-state index contributed by atoms with van der Waals surface area (Å²) in [6.45, 7) is 0. The van der Waals surface area contributed by atoms with Crippen LogP contribution in [-0.2, 0) is 6.42 Å². The fourth-order valence-corrected chi connectivity index (χ4v) is 1.82. The molecule has 1 aromatic carbocycles. The molecule has 0 fully saturated rings. The topological polar surface area (TPSA) is 25.8 Å². The number of hydrogen-bond acceptors (Lipinski definition) is 2. The normalized spacial score (nSPS) is 10.4. The fraction of sp³-hybridized carbons (Fsp3) is 0.167. The van der Waals surface area contributed by atoms with Gasteiger partial charge in [0.25, 0.3) is 0 Å². The minimum Gasteiger partial charge on any atom is -0.241 e. The molecule has 0 N–H and O–H groups in total. The third-order valence-corrected chi connectivity index (χ3v) is 2.88. The van der Waals surface area contributed by atoms with E-state index >= 15 is 0 Å². The highest BCUT2D eigenvalue weighted by molar-refractivity contribution is 9.10. The molecule has 0 bridgehead atoms. The Hall–Kier alpha value is -0.930. The maximum absolute atomic E-state index is 5.67. The Morgan fingerprint density at radius 2 is 1.88 bits per heavy atom. The Bertz CT molecular complexity index is 471. The summed E-state index contributed by atoms with van der Waals surface area (Å²) in [5.41, 5.74) is 2.02. The molecule has 1 aromatic heterocycles. The minimum atomic E-state index is 0.545. The van der Waals surface area contributed by atoms with Crippen molar-refractivity contribution in [2.75, 3.05) is 5.88 Å². The smallest absolute Gasteiger partial charge is 0.130 e. The zero-order valence-electron chi connectivity index (χ0n) is 8.53. The molecule has 0 saturated heterocycles. The molecule has 82 valence electrons. The van der Waals surface area contributed by atoms with Crippen molar-refractivity contribution in [1.82, 2.24) is 9.97 Å². The van der Waals surface area contributed by atoms with Crippen molar-refractivity contribution in [2.24, 2.45) is 0 Å². The fourth-order valence-electron chi connectivity index (χ4n) is 1.39. The number of hydrogen-bond donors (Lipinski definition) is 0. The first kappa shape index (κ1) is 11.6. The quantitative estimate of drug-likeness (QED) is 0.808. The lowest BCUT2D eigenvalue weighted by atomic mass is 10.1. The lowest BCUT2D eigenvalue weighted by Crippen LogP contribution is -1.96. The molecular formula is C12H10BrClN2. The van der Waals surface area contributed by atoms with Crippen molar-refractivity contribution < 1.29 is 0 Å². The molecule has 1 heterocycles. The Kier molecular flexibility index (Phi) is 3.91. The molecule has 2 rings (SSSR count). The van der Waals surface area contributed by atoms with E-state index in [-0.39, 0.29) is 0 Å². The first-order chi connectivity index (χ1) is 7.79. The lowest BCUT2D eigenvalue weighted by Gasteiger charge is -2.02. The van der Waals surface area contributed by atoms with E-state index in [0.717, 1.165) is 21.6 Å². The summed E-state index contributed by atoms with van der Waals surface area (Å²) in [4.78, 5) is 8.62. The number of aromatic nitrogens is 2. The number of halogens is 2. The van der Waals surface area contributed by atoms with Gasteiger partial charge in [0.2, 0.25) is 0 Å². The van der Waals surface area contributed by atoms with Crippen molar-refractivity contribution in [3.05, 3.63) is 46.8 Å². The Labute approximate surface area is 108 Å². The highest BCUT2D eigenvalue weighted by Gasteiger charge is 2.01. The zero-order chi connectivity index (χ0) is 11.4. The van der Waals surface area contributed by atoms with Crippen LogP contribution >= 0.6 is 27.5 Å². The van der Waals surface area contributed by atoms with Crippen LogP contribution in [0.1, 0.15) is 5.82 Å². The van der Waals surface area contributed by atoms with Crippen molar-refractivity contribution in [1.29, 1.82) is 0 Å². The van der Waals surface area contributed by atoms with E-state index in [2.05, 4.69) is 25.9 Å². The first-order valence-corrected chi connectivity index (χ1v) is 6.26. The van der Waals surface area contributed by atoms with Crippen molar-refractivity contribution in [2.45, 2.75) is 6.42 Å². The van der Waals surface area contributed by atoms with Crippen molar-refractivity contribution in [3.63, 3.8) is 0 Å². The van der Waals surface area contributed by atoms with E-state index in [1.165, 1.54) is 0 Å². The summed E-state index contributed by atoms with van der Waals surface area (Å²) in [6, 6.07) is 9.95. The van der Waals surface area contributed by atoms with Crippen LogP contribution < -0.4 is 0 Å². The maximum Gasteiger partial charge on any atom is 0.130 e. The summed E-state index contributed by atoms with van der Waals surface area (Å²) in [5.74, 6) is 1.33. The van der Waals surface area contributed by atoms with E-state index in [1.807, 2.05) is 30.3 Å². The van der Waals surface area contributed by atoms with Crippen LogP contribution in [-0.4, -0.2) is 15.8 Å². The highest BCUT2D eigenvalue weighted by Crippen LogP contribution is 2.19. The molecule has 0 radical (unpaired) electrons. The average Bonchev–Trinajstić information content (AvgIpc) is 2.31. The van der Waals surface area contributed by atoms with Gasteiger partial charge in [-0.1, -0.05) is 28.1 Å². The molecule has 0 aliphatic rings. The highest BCUT2D eigenvalue weighted by atomic mass is 79.9. The van der Waals surface area contributed by atoms with Gasteiger partial charge in [-0.15, -0.1) is 11.6 Å². The third kappa shape index (κ3) is 2.80. The van der Waals surface area contributed by atoms with Gasteiger partial charge in [-0.3, -0.25) is 0 Å². The number of nitrogens with zero attached hydrogens (tertiary/aromatic N) is 2. The number of rotatable bonds is 3. The molecule has 4 heteroatoms. The molecular weight excluding hydrogens is 288 g/mol. The van der Waals surface area contributed by atoms with E-state index in [4.69, 9.17) is 11.6 Å². The lowest BCUT2D eigenvalue weighted by molar-refractivity contribution is 0.948. The summed E-state index contributed by atoms with van der Waals surface area (Å²) >= 11 is 9.08. The predicted octanol–water partition coefficient (Wildman–Crippen LogP) is 3.69. The number of alkyl halides is 1. The maximum atomic E-state index is 5.67. The SMILES string of the molecule is ClCCc1nccc(-c2ccc(Br)cc2)n1. The van der Waals surface area contributed by atoms with Crippen LogP contribution in [0, 0.1) is 0 Å². The predicted molar refractivity (Wildman–Crippen MR) is 69.6 cm³/mol. The molecule has 2 nitrogen and oxygen atoms in total. The standard InChI is InChI=1S/C12H10BrClN2/c13-10-3-1-9(2-4-10)11-6-8-15-12(16-11)5-7-14/h1-4,6,8H,5,7H2. The van der Waals surface area contributed by atoms with Gasteiger partial charge in [0, 0.05) is 28.5 Å². The third-order valence-electron chi connectivity index (χ3n) is 2.16. The molecule has 2 aromatic rings. The second-order valence-corrected chi connectivity index (χ2v) is 4.60. The van der Waals surface area contributed by atoms with E-state index in [9.17, 15) is 0 Å². The summed E-state index contributed by atoms with van der Waals surface area (Å²) < 4.78 is 1.06. The second kappa shape index (κ2) is 5.41. The van der Waals surface area contributed by atoms with Crippen LogP contribution in [0.4, 0.5) is 0 Å². The number of aryl methyl sites for hydroxylation is 1. The van der Waals surface area contributed by atoms with E-state index in [1.54, 1.807) is 6.20 Å². The number of benzene rings is 1. The van der Waals surface area contributed by atoms with Crippen molar-refractivity contribution >= 4 is 27.5 Å². The van der Waals surface area contributed by atoms with Crippen molar-refractivity contribution in [3.8, 4) is 11.3 Å². The van der Waals surface area contributed by atoms with Gasteiger partial charge in [-0.05, 0) is 18.2 Å². The molecule has 0 spiro atoms. The largest absolute Gasteiger partial charge is 0.241 e. The molecule has 16 heavy (non-hydrogen) atoms. The van der Waals surface area contributed by atoms with Crippen LogP contribution in [0.15, 0.2) is 41.0 Å². The van der Waals surface area contributed by atoms with Crippen LogP contribution in [0.25, 0.3) is 11.3 Å². The van der Waals surface area contributed by atoms with Crippen LogP contribution in [0.5, 0.6) is 0 Å². The molecule has 0 saturated carbocycles. The second-order valence-electron chi connectivity index (χ2n) is 3.30. The molecule has 0 aliphatic heterocycles. The molecule has 0 aliphatic carbocycles. The summed E-state index contributed by atoms with van der Waals surface area (Å²) in [5, 5.41) is 0. The monoisotopic (exact) mass is 296 g/mol. The minimum absolute atomic E-state index is 0.545. The van der Waals surface area contributed by atoms with Crippen LogP contribution in [0.2, 0.25) is 0 Å². The van der Waals surface area contributed by atoms with Gasteiger partial charge in [0.05, 0.1) is 5.69 Å². The van der Waals surface area contributed by atoms with Gasteiger partial charge in [0.1, 0.15) is 5.82 Å². The van der Waals surface area contributed by atoms with Gasteiger partial charge in [0.15, 0.2) is 0 Å². The average molecular weight is 298 g/mol. The Morgan fingerprint density at radius 1 is 1.12 bits per heavy atom. The molecule has 0 amide bonds. The first-order valence-electron chi connectivity index (χ1n) is 4.93. The van der Waals surface area contributed by atoms with E-state index in [0.29, 0.717) is 12.3 Å². The summed E-state index contributed by atoms with van der Waals surface area (Å²) in [6.07, 6.45) is 2.47. The Morgan fingerprint density at radius 3 is 2.56 bits per heavy atom. The van der Waals surface area contributed by atoms with Gasteiger partial charge < -0.3 is 0 Å².